The third kappa shape index (κ3) is 3.60. The minimum Gasteiger partial charge on any atom is -0.481 e. The van der Waals surface area contributed by atoms with Crippen LogP contribution < -0.4 is 5.73 Å². The molecule has 11 heavy (non-hydrogen) atoms. The van der Waals surface area contributed by atoms with Gasteiger partial charge in [-0.2, -0.15) is 0 Å². The van der Waals surface area contributed by atoms with E-state index >= 15 is 0 Å². The fourth-order valence-corrected chi connectivity index (χ4v) is 0.390. The van der Waals surface area contributed by atoms with E-state index in [0.29, 0.717) is 5.84 Å². The molecule has 0 rings (SSSR count). The van der Waals surface area contributed by atoms with Crippen LogP contribution >= 0.6 is 0 Å². The smallest absolute Gasteiger partial charge is 0.310 e. The third-order valence-corrected chi connectivity index (χ3v) is 1.30. The first-order valence-electron chi connectivity index (χ1n) is 3.36. The largest absolute Gasteiger partial charge is 0.481 e. The predicted molar refractivity (Wildman–Crippen MR) is 43.6 cm³/mol. The first kappa shape index (κ1) is 9.94. The summed E-state index contributed by atoms with van der Waals surface area (Å²) in [6.07, 6.45) is 0. The zero-order valence-electron chi connectivity index (χ0n) is 7.09. The lowest BCUT2D eigenvalue weighted by atomic mass is 9.94. The van der Waals surface area contributed by atoms with Crippen molar-refractivity contribution in [1.29, 1.82) is 0 Å². The molecule has 0 aliphatic carbocycles. The monoisotopic (exact) mass is 158 g/mol. The molecule has 4 heteroatoms. The number of nitrogens with zero attached hydrogens (tertiary/aromatic N) is 1. The van der Waals surface area contributed by atoms with E-state index in [2.05, 4.69) is 4.99 Å². The van der Waals surface area contributed by atoms with Gasteiger partial charge in [-0.1, -0.05) is 0 Å². The SMILES string of the molecule is CC(N)=NCC(C)(C)C(=O)O. The molecule has 0 heterocycles. The number of aliphatic imine (C=N–C) groups is 1. The highest BCUT2D eigenvalue weighted by Gasteiger charge is 2.26. The van der Waals surface area contributed by atoms with E-state index in [1.165, 1.54) is 0 Å². The molecular weight excluding hydrogens is 144 g/mol. The van der Waals surface area contributed by atoms with Crippen molar-refractivity contribution in [3.63, 3.8) is 0 Å². The van der Waals surface area contributed by atoms with Crippen molar-refractivity contribution in [2.24, 2.45) is 16.1 Å². The second kappa shape index (κ2) is 3.37. The van der Waals surface area contributed by atoms with Crippen LogP contribution in [0.3, 0.4) is 0 Å². The highest BCUT2D eigenvalue weighted by molar-refractivity contribution is 5.78. The summed E-state index contributed by atoms with van der Waals surface area (Å²) in [6, 6.07) is 0. The van der Waals surface area contributed by atoms with E-state index in [9.17, 15) is 4.79 Å². The molecule has 0 aromatic rings. The Morgan fingerprint density at radius 3 is 2.36 bits per heavy atom. The number of rotatable bonds is 3. The Morgan fingerprint density at radius 1 is 1.64 bits per heavy atom. The van der Waals surface area contributed by atoms with Crippen molar-refractivity contribution < 1.29 is 9.90 Å². The topological polar surface area (TPSA) is 75.7 Å². The highest BCUT2D eigenvalue weighted by Crippen LogP contribution is 2.14. The quantitative estimate of drug-likeness (QED) is 0.463. The van der Waals surface area contributed by atoms with Gasteiger partial charge < -0.3 is 10.8 Å². The lowest BCUT2D eigenvalue weighted by Gasteiger charge is -2.15. The van der Waals surface area contributed by atoms with Crippen molar-refractivity contribution >= 4 is 11.8 Å². The molecule has 3 N–H and O–H groups in total. The minimum atomic E-state index is -0.859. The van der Waals surface area contributed by atoms with E-state index in [1.54, 1.807) is 20.8 Å². The number of carboxylic acids is 1. The van der Waals surface area contributed by atoms with Gasteiger partial charge in [0.1, 0.15) is 0 Å². The van der Waals surface area contributed by atoms with Gasteiger partial charge >= 0.3 is 5.97 Å². The molecular formula is C7H14N2O2. The summed E-state index contributed by atoms with van der Waals surface area (Å²) < 4.78 is 0. The molecule has 0 radical (unpaired) electrons. The molecule has 0 spiro atoms. The second-order valence-corrected chi connectivity index (χ2v) is 3.15. The maximum atomic E-state index is 10.5. The van der Waals surface area contributed by atoms with Crippen molar-refractivity contribution in [2.45, 2.75) is 20.8 Å². The summed E-state index contributed by atoms with van der Waals surface area (Å²) in [5.74, 6) is -0.443. The van der Waals surface area contributed by atoms with Crippen molar-refractivity contribution in [3.8, 4) is 0 Å². The van der Waals surface area contributed by atoms with Crippen LogP contribution in [0.15, 0.2) is 4.99 Å². The maximum absolute atomic E-state index is 10.5. The van der Waals surface area contributed by atoms with Gasteiger partial charge in [0, 0.05) is 0 Å². The summed E-state index contributed by atoms with van der Waals surface area (Å²) in [7, 11) is 0. The minimum absolute atomic E-state index is 0.227. The van der Waals surface area contributed by atoms with Crippen LogP contribution in [-0.2, 0) is 4.79 Å². The Labute approximate surface area is 66.1 Å². The normalized spacial score (nSPS) is 13.2. The van der Waals surface area contributed by atoms with Crippen molar-refractivity contribution in [3.05, 3.63) is 0 Å². The Morgan fingerprint density at radius 2 is 2.09 bits per heavy atom. The van der Waals surface area contributed by atoms with Gasteiger partial charge in [0.05, 0.1) is 17.8 Å². The van der Waals surface area contributed by atoms with Gasteiger partial charge in [-0.25, -0.2) is 0 Å². The van der Waals surface area contributed by atoms with E-state index < -0.39 is 11.4 Å². The molecule has 0 aromatic carbocycles. The van der Waals surface area contributed by atoms with Crippen molar-refractivity contribution in [2.75, 3.05) is 6.54 Å². The Hall–Kier alpha value is -1.06. The predicted octanol–water partition coefficient (Wildman–Crippen LogP) is 0.474. The molecule has 0 fully saturated rings. The summed E-state index contributed by atoms with van der Waals surface area (Å²) in [5, 5.41) is 8.64. The summed E-state index contributed by atoms with van der Waals surface area (Å²) >= 11 is 0. The molecule has 0 unspecified atom stereocenters. The lowest BCUT2D eigenvalue weighted by Crippen LogP contribution is -2.27. The molecule has 0 saturated heterocycles. The number of hydrogen-bond donors (Lipinski definition) is 2. The summed E-state index contributed by atoms with van der Waals surface area (Å²) in [5.41, 5.74) is 4.44. The zero-order chi connectivity index (χ0) is 9.07. The average Bonchev–Trinajstić information content (AvgIpc) is 1.84. The summed E-state index contributed by atoms with van der Waals surface area (Å²) in [4.78, 5) is 14.4. The van der Waals surface area contributed by atoms with Crippen LogP contribution in [0, 0.1) is 5.41 Å². The third-order valence-electron chi connectivity index (χ3n) is 1.30. The number of aliphatic carboxylic acids is 1. The van der Waals surface area contributed by atoms with Crippen LogP contribution in [0.5, 0.6) is 0 Å². The maximum Gasteiger partial charge on any atom is 0.310 e. The van der Waals surface area contributed by atoms with Crippen LogP contribution in [0.1, 0.15) is 20.8 Å². The van der Waals surface area contributed by atoms with Gasteiger partial charge in [-0.3, -0.25) is 9.79 Å². The van der Waals surface area contributed by atoms with E-state index in [4.69, 9.17) is 10.8 Å². The molecule has 0 aliphatic rings. The number of carboxylic acid groups (broad SMARTS) is 1. The average molecular weight is 158 g/mol. The highest BCUT2D eigenvalue weighted by atomic mass is 16.4. The molecule has 0 aliphatic heterocycles. The molecule has 0 amide bonds. The Kier molecular flexibility index (Phi) is 3.04. The van der Waals surface area contributed by atoms with E-state index in [-0.39, 0.29) is 6.54 Å². The standard InChI is InChI=1S/C7H14N2O2/c1-5(8)9-4-7(2,3)6(10)11/h4H2,1-3H3,(H2,8,9)(H,10,11). The Balaban J connectivity index is 4.14. The molecule has 0 atom stereocenters. The van der Waals surface area contributed by atoms with Gasteiger partial charge in [0.25, 0.3) is 0 Å². The number of carbonyl (C=O) groups is 1. The Bertz CT molecular complexity index is 181. The zero-order valence-corrected chi connectivity index (χ0v) is 7.09. The fourth-order valence-electron chi connectivity index (χ4n) is 0.390. The first-order chi connectivity index (χ1) is 4.86. The summed E-state index contributed by atoms with van der Waals surface area (Å²) in [6.45, 7) is 5.09. The number of hydrogen-bond acceptors (Lipinski definition) is 2. The van der Waals surface area contributed by atoms with Gasteiger partial charge in [-0.15, -0.1) is 0 Å². The number of amidine groups is 1. The second-order valence-electron chi connectivity index (χ2n) is 3.15. The molecule has 64 valence electrons. The molecule has 0 aromatic heterocycles. The number of nitrogens with two attached hydrogens (primary N) is 1. The van der Waals surface area contributed by atoms with Gasteiger partial charge in [-0.05, 0) is 20.8 Å². The van der Waals surface area contributed by atoms with Crippen molar-refractivity contribution in [1.82, 2.24) is 0 Å². The molecule has 0 saturated carbocycles. The van der Waals surface area contributed by atoms with Crippen LogP contribution in [-0.4, -0.2) is 23.5 Å². The van der Waals surface area contributed by atoms with Gasteiger partial charge in [0.2, 0.25) is 0 Å². The fraction of sp³-hybridized carbons (Fsp3) is 0.714. The molecule has 4 nitrogen and oxygen atoms in total. The lowest BCUT2D eigenvalue weighted by molar-refractivity contribution is -0.146. The van der Waals surface area contributed by atoms with Crippen LogP contribution in [0.4, 0.5) is 0 Å². The molecule has 0 bridgehead atoms. The van der Waals surface area contributed by atoms with E-state index in [0.717, 1.165) is 0 Å². The first-order valence-corrected chi connectivity index (χ1v) is 3.36. The van der Waals surface area contributed by atoms with Crippen LogP contribution in [0.2, 0.25) is 0 Å². The van der Waals surface area contributed by atoms with E-state index in [1.807, 2.05) is 0 Å². The van der Waals surface area contributed by atoms with Gasteiger partial charge in [0.15, 0.2) is 0 Å². The van der Waals surface area contributed by atoms with Crippen LogP contribution in [0.25, 0.3) is 0 Å².